The van der Waals surface area contributed by atoms with Gasteiger partial charge in [-0.1, -0.05) is 5.92 Å². The van der Waals surface area contributed by atoms with Gasteiger partial charge in [0, 0.05) is 11.1 Å². The molecule has 0 bridgehead atoms. The quantitative estimate of drug-likeness (QED) is 0.437. The van der Waals surface area contributed by atoms with E-state index in [9.17, 15) is 9.59 Å². The van der Waals surface area contributed by atoms with Crippen LogP contribution in [0, 0.1) is 11.8 Å². The molecule has 3 aromatic rings. The summed E-state index contributed by atoms with van der Waals surface area (Å²) in [6.07, 6.45) is 1.41. The summed E-state index contributed by atoms with van der Waals surface area (Å²) >= 11 is 0. The maximum atomic E-state index is 13.4. The van der Waals surface area contributed by atoms with Crippen LogP contribution in [0.25, 0.3) is 0 Å². The third kappa shape index (κ3) is 4.68. The van der Waals surface area contributed by atoms with Crippen LogP contribution in [0.4, 0.5) is 5.95 Å². The first-order valence-electron chi connectivity index (χ1n) is 9.53. The lowest BCUT2D eigenvalue weighted by molar-refractivity contribution is 0.0895. The molecule has 8 heteroatoms. The van der Waals surface area contributed by atoms with E-state index in [0.29, 0.717) is 17.1 Å². The highest BCUT2D eigenvalue weighted by molar-refractivity contribution is 6.25. The summed E-state index contributed by atoms with van der Waals surface area (Å²) in [5, 5.41) is 0. The molecule has 0 unspecified atom stereocenters. The van der Waals surface area contributed by atoms with E-state index in [-0.39, 0.29) is 23.0 Å². The van der Waals surface area contributed by atoms with Gasteiger partial charge >= 0.3 is 0 Å². The summed E-state index contributed by atoms with van der Waals surface area (Å²) in [5.74, 6) is 5.53. The number of hydrogen-bond donors (Lipinski definition) is 0. The molecule has 1 heterocycles. The fraction of sp³-hybridized carbons (Fsp3) is 0.167. The summed E-state index contributed by atoms with van der Waals surface area (Å²) in [7, 11) is 4.47. The first-order valence-corrected chi connectivity index (χ1v) is 9.53. The van der Waals surface area contributed by atoms with Gasteiger partial charge in [0.15, 0.2) is 0 Å². The van der Waals surface area contributed by atoms with E-state index in [2.05, 4.69) is 21.8 Å². The van der Waals surface area contributed by atoms with Crippen molar-refractivity contribution in [2.45, 2.75) is 6.92 Å². The van der Waals surface area contributed by atoms with Gasteiger partial charge in [0.05, 0.1) is 27.5 Å². The Kier molecular flexibility index (Phi) is 7.03. The first kappa shape index (κ1) is 22.3. The van der Waals surface area contributed by atoms with Crippen molar-refractivity contribution in [3.05, 3.63) is 71.4 Å². The zero-order valence-electron chi connectivity index (χ0n) is 18.1. The topological polar surface area (TPSA) is 90.9 Å². The molecule has 0 aliphatic carbocycles. The molecule has 0 aliphatic heterocycles. The smallest absolute Gasteiger partial charge is 0.267 e. The van der Waals surface area contributed by atoms with Crippen molar-refractivity contribution >= 4 is 17.8 Å². The average Bonchev–Trinajstić information content (AvgIpc) is 2.85. The van der Waals surface area contributed by atoms with Crippen LogP contribution in [0.5, 0.6) is 17.4 Å². The monoisotopic (exact) mass is 431 g/mol. The van der Waals surface area contributed by atoms with E-state index in [4.69, 9.17) is 14.2 Å². The second-order valence-electron chi connectivity index (χ2n) is 6.37. The molecule has 0 saturated carbocycles. The first-order chi connectivity index (χ1) is 15.5. The van der Waals surface area contributed by atoms with Crippen molar-refractivity contribution in [2.75, 3.05) is 26.2 Å². The Labute approximate surface area is 185 Å². The van der Waals surface area contributed by atoms with Crippen molar-refractivity contribution in [1.29, 1.82) is 0 Å². The van der Waals surface area contributed by atoms with Gasteiger partial charge in [0.25, 0.3) is 11.8 Å². The number of carbonyl (C=O) groups excluding carboxylic acids is 2. The predicted molar refractivity (Wildman–Crippen MR) is 118 cm³/mol. The van der Waals surface area contributed by atoms with Crippen molar-refractivity contribution in [3.63, 3.8) is 0 Å². The van der Waals surface area contributed by atoms with Gasteiger partial charge in [-0.05, 0) is 55.5 Å². The molecular weight excluding hydrogens is 410 g/mol. The number of methoxy groups -OCH3 is 3. The highest BCUT2D eigenvalue weighted by Gasteiger charge is 2.29. The summed E-state index contributed by atoms with van der Waals surface area (Å²) in [4.78, 5) is 36.1. The number of hydrogen-bond acceptors (Lipinski definition) is 7. The molecule has 0 spiro atoms. The van der Waals surface area contributed by atoms with Crippen LogP contribution in [0.3, 0.4) is 0 Å². The molecule has 0 N–H and O–H groups in total. The summed E-state index contributed by atoms with van der Waals surface area (Å²) in [5.41, 5.74) is 0.952. The van der Waals surface area contributed by atoms with Gasteiger partial charge in [-0.2, -0.15) is 4.98 Å². The fourth-order valence-corrected chi connectivity index (χ4v) is 2.84. The minimum Gasteiger partial charge on any atom is -0.497 e. The van der Waals surface area contributed by atoms with Crippen molar-refractivity contribution < 1.29 is 23.8 Å². The molecule has 2 amide bonds. The third-order valence-corrected chi connectivity index (χ3v) is 4.47. The second-order valence-corrected chi connectivity index (χ2v) is 6.37. The summed E-state index contributed by atoms with van der Waals surface area (Å²) in [6.45, 7) is 1.67. The zero-order valence-corrected chi connectivity index (χ0v) is 18.1. The summed E-state index contributed by atoms with van der Waals surface area (Å²) < 4.78 is 15.6. The number of imide groups is 1. The number of aromatic nitrogens is 2. The molecule has 0 aliphatic rings. The maximum absolute atomic E-state index is 13.4. The van der Waals surface area contributed by atoms with Crippen LogP contribution in [0.1, 0.15) is 33.2 Å². The average molecular weight is 431 g/mol. The van der Waals surface area contributed by atoms with Crippen molar-refractivity contribution in [1.82, 2.24) is 9.97 Å². The van der Waals surface area contributed by atoms with Crippen LogP contribution in [-0.2, 0) is 0 Å². The standard InChI is InChI=1S/C24H21N3O5/c1-5-6-18-15-25-24(26-21(18)32-4)27(22(28)16-7-11-19(30-2)12-8-16)23(29)17-9-13-20(31-3)14-10-17/h7-15H,1-4H3. The van der Waals surface area contributed by atoms with Crippen LogP contribution in [-0.4, -0.2) is 43.1 Å². The molecule has 162 valence electrons. The van der Waals surface area contributed by atoms with E-state index in [1.807, 2.05) is 0 Å². The molecule has 32 heavy (non-hydrogen) atoms. The van der Waals surface area contributed by atoms with Crippen LogP contribution < -0.4 is 19.1 Å². The molecule has 8 nitrogen and oxygen atoms in total. The normalized spacial score (nSPS) is 9.88. The Hall–Kier alpha value is -4.38. The van der Waals surface area contributed by atoms with Crippen LogP contribution in [0.2, 0.25) is 0 Å². The van der Waals surface area contributed by atoms with Gasteiger partial charge in [0.2, 0.25) is 11.8 Å². The van der Waals surface area contributed by atoms with Gasteiger partial charge in [-0.3, -0.25) is 9.59 Å². The Bertz CT molecular complexity index is 1120. The van der Waals surface area contributed by atoms with E-state index in [1.165, 1.54) is 27.5 Å². The predicted octanol–water partition coefficient (Wildman–Crippen LogP) is 3.36. The number of anilines is 1. The highest BCUT2D eigenvalue weighted by Crippen LogP contribution is 2.23. The largest absolute Gasteiger partial charge is 0.497 e. The van der Waals surface area contributed by atoms with Gasteiger partial charge in [-0.15, -0.1) is 5.92 Å². The van der Waals surface area contributed by atoms with Crippen LogP contribution >= 0.6 is 0 Å². The molecule has 2 aromatic carbocycles. The van der Waals surface area contributed by atoms with Crippen molar-refractivity contribution in [2.24, 2.45) is 0 Å². The molecule has 0 fully saturated rings. The Balaban J connectivity index is 2.10. The van der Waals surface area contributed by atoms with E-state index < -0.39 is 11.8 Å². The van der Waals surface area contributed by atoms with E-state index in [1.54, 1.807) is 55.5 Å². The lowest BCUT2D eigenvalue weighted by Crippen LogP contribution is -2.38. The maximum Gasteiger partial charge on any atom is 0.267 e. The molecule has 3 rings (SSSR count). The Morgan fingerprint density at radius 1 is 0.812 bits per heavy atom. The minimum absolute atomic E-state index is 0.134. The number of benzene rings is 2. The van der Waals surface area contributed by atoms with E-state index in [0.717, 1.165) is 4.90 Å². The second kappa shape index (κ2) is 10.1. The Morgan fingerprint density at radius 3 is 1.72 bits per heavy atom. The van der Waals surface area contributed by atoms with Crippen LogP contribution in [0.15, 0.2) is 54.7 Å². The lowest BCUT2D eigenvalue weighted by atomic mass is 10.1. The zero-order chi connectivity index (χ0) is 23.1. The number of nitrogens with zero attached hydrogens (tertiary/aromatic N) is 3. The molecule has 1 aromatic heterocycles. The molecule has 0 atom stereocenters. The molecular formula is C24H21N3O5. The summed E-state index contributed by atoms with van der Waals surface area (Å²) in [6, 6.07) is 12.8. The minimum atomic E-state index is -0.607. The number of ether oxygens (including phenoxy) is 3. The number of amides is 2. The third-order valence-electron chi connectivity index (χ3n) is 4.47. The van der Waals surface area contributed by atoms with Gasteiger partial charge in [-0.25, -0.2) is 9.88 Å². The number of carbonyl (C=O) groups is 2. The Morgan fingerprint density at radius 2 is 1.31 bits per heavy atom. The fourth-order valence-electron chi connectivity index (χ4n) is 2.84. The number of rotatable bonds is 6. The van der Waals surface area contributed by atoms with Gasteiger partial charge < -0.3 is 14.2 Å². The van der Waals surface area contributed by atoms with E-state index >= 15 is 0 Å². The molecule has 0 radical (unpaired) electrons. The van der Waals surface area contributed by atoms with Crippen molar-refractivity contribution in [3.8, 4) is 29.2 Å². The lowest BCUT2D eigenvalue weighted by Gasteiger charge is -2.20. The molecule has 0 saturated heterocycles. The highest BCUT2D eigenvalue weighted by atomic mass is 16.5. The SMILES string of the molecule is CC#Cc1cnc(N(C(=O)c2ccc(OC)cc2)C(=O)c2ccc(OC)cc2)nc1OC. The van der Waals surface area contributed by atoms with Gasteiger partial charge in [0.1, 0.15) is 17.1 Å².